The Hall–Kier alpha value is -1.22. The van der Waals surface area contributed by atoms with E-state index < -0.39 is 0 Å². The van der Waals surface area contributed by atoms with Crippen molar-refractivity contribution in [2.75, 3.05) is 20.2 Å². The van der Waals surface area contributed by atoms with Crippen LogP contribution >= 0.6 is 0 Å². The van der Waals surface area contributed by atoms with Gasteiger partial charge in [-0.25, -0.2) is 0 Å². The van der Waals surface area contributed by atoms with E-state index >= 15 is 0 Å². The molecule has 1 aromatic rings. The van der Waals surface area contributed by atoms with Gasteiger partial charge in [0.25, 0.3) is 0 Å². The van der Waals surface area contributed by atoms with Gasteiger partial charge in [0.15, 0.2) is 0 Å². The Bertz CT molecular complexity index is 357. The lowest BCUT2D eigenvalue weighted by Crippen LogP contribution is -2.08. The molecule has 0 radical (unpaired) electrons. The number of aromatic hydroxyl groups is 1. The van der Waals surface area contributed by atoms with E-state index in [4.69, 9.17) is 4.74 Å². The quantitative estimate of drug-likeness (QED) is 0.776. The molecule has 0 spiro atoms. The van der Waals surface area contributed by atoms with Crippen LogP contribution in [-0.2, 0) is 0 Å². The number of ether oxygens (including phenoxy) is 1. The van der Waals surface area contributed by atoms with E-state index in [1.54, 1.807) is 7.11 Å². The molecule has 2 rings (SSSR count). The molecule has 1 aromatic carbocycles. The van der Waals surface area contributed by atoms with Gasteiger partial charge in [0.05, 0.1) is 7.11 Å². The summed E-state index contributed by atoms with van der Waals surface area (Å²) in [6.07, 6.45) is 1.10. The Labute approximate surface area is 90.1 Å². The fourth-order valence-corrected chi connectivity index (χ4v) is 2.17. The zero-order valence-corrected chi connectivity index (χ0v) is 9.21. The van der Waals surface area contributed by atoms with Crippen molar-refractivity contribution in [2.45, 2.75) is 19.3 Å². The molecular weight excluding hydrogens is 190 g/mol. The van der Waals surface area contributed by atoms with Crippen LogP contribution in [-0.4, -0.2) is 25.3 Å². The SMILES string of the molecule is COc1ccc(C2CCNC2)c(O)c1C. The molecule has 0 aromatic heterocycles. The van der Waals surface area contributed by atoms with E-state index in [1.165, 1.54) is 0 Å². The Morgan fingerprint density at radius 1 is 1.47 bits per heavy atom. The van der Waals surface area contributed by atoms with E-state index in [1.807, 2.05) is 19.1 Å². The minimum Gasteiger partial charge on any atom is -0.507 e. The number of phenols is 1. The van der Waals surface area contributed by atoms with Gasteiger partial charge in [0.2, 0.25) is 0 Å². The van der Waals surface area contributed by atoms with Crippen molar-refractivity contribution < 1.29 is 9.84 Å². The maximum Gasteiger partial charge on any atom is 0.125 e. The van der Waals surface area contributed by atoms with Crippen LogP contribution in [0.2, 0.25) is 0 Å². The molecule has 1 heterocycles. The third-order valence-corrected chi connectivity index (χ3v) is 3.13. The Kier molecular flexibility index (Phi) is 2.82. The third-order valence-electron chi connectivity index (χ3n) is 3.13. The molecule has 2 N–H and O–H groups in total. The summed E-state index contributed by atoms with van der Waals surface area (Å²) in [5, 5.41) is 13.4. The van der Waals surface area contributed by atoms with Crippen LogP contribution in [0.15, 0.2) is 12.1 Å². The molecule has 3 nitrogen and oxygen atoms in total. The summed E-state index contributed by atoms with van der Waals surface area (Å²) in [5.74, 6) is 1.58. The first-order valence-electron chi connectivity index (χ1n) is 5.31. The number of nitrogens with one attached hydrogen (secondary N) is 1. The highest BCUT2D eigenvalue weighted by molar-refractivity contribution is 5.50. The summed E-state index contributed by atoms with van der Waals surface area (Å²) >= 11 is 0. The van der Waals surface area contributed by atoms with Gasteiger partial charge in [-0.2, -0.15) is 0 Å². The van der Waals surface area contributed by atoms with Crippen LogP contribution in [0.5, 0.6) is 11.5 Å². The van der Waals surface area contributed by atoms with Gasteiger partial charge in [-0.15, -0.1) is 0 Å². The summed E-state index contributed by atoms with van der Waals surface area (Å²) in [6, 6.07) is 3.90. The first-order chi connectivity index (χ1) is 7.24. The summed E-state index contributed by atoms with van der Waals surface area (Å²) in [7, 11) is 1.62. The van der Waals surface area contributed by atoms with Crippen molar-refractivity contribution >= 4 is 0 Å². The molecule has 82 valence electrons. The summed E-state index contributed by atoms with van der Waals surface area (Å²) in [4.78, 5) is 0. The molecule has 0 saturated carbocycles. The summed E-state index contributed by atoms with van der Waals surface area (Å²) in [5.41, 5.74) is 1.88. The first-order valence-corrected chi connectivity index (χ1v) is 5.31. The zero-order valence-electron chi connectivity index (χ0n) is 9.21. The number of methoxy groups -OCH3 is 1. The lowest BCUT2D eigenvalue weighted by atomic mass is 9.95. The highest BCUT2D eigenvalue weighted by Gasteiger charge is 2.21. The Morgan fingerprint density at radius 3 is 2.87 bits per heavy atom. The van der Waals surface area contributed by atoms with E-state index in [2.05, 4.69) is 5.32 Å². The zero-order chi connectivity index (χ0) is 10.8. The molecule has 0 aliphatic carbocycles. The van der Waals surface area contributed by atoms with Crippen molar-refractivity contribution in [3.05, 3.63) is 23.3 Å². The topological polar surface area (TPSA) is 41.5 Å². The second kappa shape index (κ2) is 4.11. The fraction of sp³-hybridized carbons (Fsp3) is 0.500. The van der Waals surface area contributed by atoms with Gasteiger partial charge in [0.1, 0.15) is 11.5 Å². The van der Waals surface area contributed by atoms with Crippen LogP contribution < -0.4 is 10.1 Å². The van der Waals surface area contributed by atoms with Crippen molar-refractivity contribution in [1.29, 1.82) is 0 Å². The lowest BCUT2D eigenvalue weighted by molar-refractivity contribution is 0.400. The molecule has 1 saturated heterocycles. The molecule has 0 bridgehead atoms. The highest BCUT2D eigenvalue weighted by Crippen LogP contribution is 2.36. The van der Waals surface area contributed by atoms with Gasteiger partial charge >= 0.3 is 0 Å². The van der Waals surface area contributed by atoms with Crippen LogP contribution in [0, 0.1) is 6.92 Å². The van der Waals surface area contributed by atoms with Crippen LogP contribution in [0.3, 0.4) is 0 Å². The standard InChI is InChI=1S/C12H17NO2/c1-8-11(15-2)4-3-10(12(8)14)9-5-6-13-7-9/h3-4,9,13-14H,5-7H2,1-2H3. The van der Waals surface area contributed by atoms with E-state index in [9.17, 15) is 5.11 Å². The molecule has 1 fully saturated rings. The molecular formula is C12H17NO2. The van der Waals surface area contributed by atoms with Crippen molar-refractivity contribution in [2.24, 2.45) is 0 Å². The van der Waals surface area contributed by atoms with Crippen LogP contribution in [0.25, 0.3) is 0 Å². The van der Waals surface area contributed by atoms with Crippen molar-refractivity contribution in [3.63, 3.8) is 0 Å². The number of hydrogen-bond donors (Lipinski definition) is 2. The van der Waals surface area contributed by atoms with E-state index in [0.29, 0.717) is 11.7 Å². The third kappa shape index (κ3) is 1.79. The smallest absolute Gasteiger partial charge is 0.125 e. The van der Waals surface area contributed by atoms with Crippen LogP contribution in [0.1, 0.15) is 23.5 Å². The minimum absolute atomic E-state index is 0.392. The predicted molar refractivity (Wildman–Crippen MR) is 59.6 cm³/mol. The molecule has 1 unspecified atom stereocenters. The van der Waals surface area contributed by atoms with Gasteiger partial charge in [-0.1, -0.05) is 6.07 Å². The largest absolute Gasteiger partial charge is 0.507 e. The Morgan fingerprint density at radius 2 is 2.27 bits per heavy atom. The molecule has 1 atom stereocenters. The fourth-order valence-electron chi connectivity index (χ4n) is 2.17. The van der Waals surface area contributed by atoms with Crippen molar-refractivity contribution in [1.82, 2.24) is 5.32 Å². The normalized spacial score (nSPS) is 20.5. The second-order valence-electron chi connectivity index (χ2n) is 4.02. The van der Waals surface area contributed by atoms with E-state index in [0.717, 1.165) is 36.4 Å². The maximum absolute atomic E-state index is 10.1. The monoisotopic (exact) mass is 207 g/mol. The average Bonchev–Trinajstić information content (AvgIpc) is 2.75. The molecule has 1 aliphatic heterocycles. The Balaban J connectivity index is 2.36. The van der Waals surface area contributed by atoms with E-state index in [-0.39, 0.29) is 0 Å². The second-order valence-corrected chi connectivity index (χ2v) is 4.02. The van der Waals surface area contributed by atoms with Gasteiger partial charge in [-0.3, -0.25) is 0 Å². The number of rotatable bonds is 2. The molecule has 3 heteroatoms. The molecule has 0 amide bonds. The predicted octanol–water partition coefficient (Wildman–Crippen LogP) is 1.79. The lowest BCUT2D eigenvalue weighted by Gasteiger charge is -2.15. The minimum atomic E-state index is 0.392. The number of phenolic OH excluding ortho intramolecular Hbond substituents is 1. The first kappa shape index (κ1) is 10.3. The maximum atomic E-state index is 10.1. The number of hydrogen-bond acceptors (Lipinski definition) is 3. The molecule has 1 aliphatic rings. The van der Waals surface area contributed by atoms with Gasteiger partial charge < -0.3 is 15.2 Å². The average molecular weight is 207 g/mol. The van der Waals surface area contributed by atoms with Gasteiger partial charge in [-0.05, 0) is 31.5 Å². The van der Waals surface area contributed by atoms with Crippen LogP contribution in [0.4, 0.5) is 0 Å². The number of benzene rings is 1. The molecule has 15 heavy (non-hydrogen) atoms. The van der Waals surface area contributed by atoms with Crippen molar-refractivity contribution in [3.8, 4) is 11.5 Å². The van der Waals surface area contributed by atoms with Gasteiger partial charge in [0, 0.05) is 18.0 Å². The summed E-state index contributed by atoms with van der Waals surface area (Å²) < 4.78 is 5.17. The summed E-state index contributed by atoms with van der Waals surface area (Å²) in [6.45, 7) is 3.88. The highest BCUT2D eigenvalue weighted by atomic mass is 16.5.